The minimum absolute atomic E-state index is 0.0577. The van der Waals surface area contributed by atoms with Gasteiger partial charge < -0.3 is 4.90 Å². The molecule has 2 aromatic rings. The molecule has 0 spiro atoms. The zero-order valence-corrected chi connectivity index (χ0v) is 20.3. The van der Waals surface area contributed by atoms with Gasteiger partial charge in [0.2, 0.25) is 0 Å². The summed E-state index contributed by atoms with van der Waals surface area (Å²) in [6.07, 6.45) is 18.2. The highest BCUT2D eigenvalue weighted by Gasteiger charge is 2.28. The Morgan fingerprint density at radius 1 is 1.09 bits per heavy atom. The molecule has 4 rings (SSSR count). The van der Waals surface area contributed by atoms with Gasteiger partial charge in [-0.1, -0.05) is 94.3 Å². The van der Waals surface area contributed by atoms with E-state index in [1.54, 1.807) is 6.08 Å². The summed E-state index contributed by atoms with van der Waals surface area (Å²) in [6, 6.07) is 13.6. The summed E-state index contributed by atoms with van der Waals surface area (Å²) in [6.45, 7) is 19.3. The van der Waals surface area contributed by atoms with Gasteiger partial charge in [-0.25, -0.2) is 0 Å². The summed E-state index contributed by atoms with van der Waals surface area (Å²) in [4.78, 5) is 2.54. The van der Waals surface area contributed by atoms with Crippen LogP contribution in [-0.4, -0.2) is 6.04 Å². The normalized spacial score (nSPS) is 20.0. The van der Waals surface area contributed by atoms with Crippen molar-refractivity contribution in [3.63, 3.8) is 0 Å². The summed E-state index contributed by atoms with van der Waals surface area (Å²) < 4.78 is 0. The zero-order valence-electron chi connectivity index (χ0n) is 20.3. The average Bonchev–Trinajstić information content (AvgIpc) is 2.80. The topological polar surface area (TPSA) is 3.24 Å². The van der Waals surface area contributed by atoms with Crippen LogP contribution < -0.4 is 15.3 Å². The second-order valence-electron chi connectivity index (χ2n) is 9.79. The SMILES string of the molecule is C=CC(=C)C=c1ccc2c(c1=C)CCC(N1c3ccccc3C(C)(C)CC=CC=CC1C)=C2. The Bertz CT molecular complexity index is 1280. The van der Waals surface area contributed by atoms with E-state index < -0.39 is 0 Å². The minimum Gasteiger partial charge on any atom is -0.338 e. The molecule has 33 heavy (non-hydrogen) atoms. The van der Waals surface area contributed by atoms with Crippen LogP contribution in [0.1, 0.15) is 50.3 Å². The Morgan fingerprint density at radius 3 is 2.67 bits per heavy atom. The molecule has 0 radical (unpaired) electrons. The number of hydrogen-bond acceptors (Lipinski definition) is 1. The molecule has 1 heterocycles. The standard InChI is InChI=1S/C32H35N/c1-7-23(2)21-26-16-17-27-22-28(18-19-29(27)25(26)4)33-24(3)13-9-8-12-20-32(5,6)30-14-10-11-15-31(30)33/h7-17,21-22,24H,1-2,4,18-20H2,3,5-6H3. The first kappa shape index (κ1) is 22.9. The van der Waals surface area contributed by atoms with Crippen LogP contribution in [0, 0.1) is 0 Å². The number of benzene rings is 2. The fourth-order valence-corrected chi connectivity index (χ4v) is 5.00. The molecule has 0 fully saturated rings. The molecule has 1 aliphatic heterocycles. The van der Waals surface area contributed by atoms with Crippen molar-refractivity contribution in [1.29, 1.82) is 0 Å². The predicted octanol–water partition coefficient (Wildman–Crippen LogP) is 6.60. The number of allylic oxidation sites excluding steroid dienone is 6. The van der Waals surface area contributed by atoms with Gasteiger partial charge in [0.05, 0.1) is 0 Å². The van der Waals surface area contributed by atoms with Crippen LogP contribution in [0.5, 0.6) is 0 Å². The second-order valence-corrected chi connectivity index (χ2v) is 9.79. The van der Waals surface area contributed by atoms with Gasteiger partial charge in [-0.2, -0.15) is 0 Å². The molecule has 1 unspecified atom stereocenters. The quantitative estimate of drug-likeness (QED) is 0.493. The van der Waals surface area contributed by atoms with Gasteiger partial charge in [0.15, 0.2) is 0 Å². The van der Waals surface area contributed by atoms with E-state index in [1.807, 2.05) is 0 Å². The number of fused-ring (bicyclic) bond motifs is 2. The maximum atomic E-state index is 4.41. The van der Waals surface area contributed by atoms with Gasteiger partial charge in [-0.05, 0) is 82.5 Å². The molecule has 2 aromatic carbocycles. The van der Waals surface area contributed by atoms with Crippen LogP contribution in [-0.2, 0) is 11.8 Å². The van der Waals surface area contributed by atoms with Crippen molar-refractivity contribution in [1.82, 2.24) is 0 Å². The first-order valence-electron chi connectivity index (χ1n) is 11.9. The predicted molar refractivity (Wildman–Crippen MR) is 146 cm³/mol. The van der Waals surface area contributed by atoms with Gasteiger partial charge in [0, 0.05) is 17.4 Å². The smallest absolute Gasteiger partial charge is 0.0494 e. The Hall–Kier alpha value is -3.32. The molecule has 0 bridgehead atoms. The molecule has 2 aliphatic rings. The van der Waals surface area contributed by atoms with Crippen molar-refractivity contribution in [2.75, 3.05) is 4.90 Å². The van der Waals surface area contributed by atoms with Crippen LogP contribution >= 0.6 is 0 Å². The Balaban J connectivity index is 1.86. The largest absolute Gasteiger partial charge is 0.338 e. The van der Waals surface area contributed by atoms with Gasteiger partial charge in [-0.3, -0.25) is 0 Å². The van der Waals surface area contributed by atoms with Gasteiger partial charge in [0.25, 0.3) is 0 Å². The van der Waals surface area contributed by atoms with E-state index >= 15 is 0 Å². The molecule has 1 aliphatic carbocycles. The van der Waals surface area contributed by atoms with Crippen LogP contribution in [0.4, 0.5) is 5.69 Å². The van der Waals surface area contributed by atoms with Crippen molar-refractivity contribution in [2.24, 2.45) is 0 Å². The maximum absolute atomic E-state index is 4.41. The maximum Gasteiger partial charge on any atom is 0.0494 e. The Morgan fingerprint density at radius 2 is 1.88 bits per heavy atom. The molecule has 1 heteroatoms. The average molecular weight is 434 g/mol. The lowest BCUT2D eigenvalue weighted by Crippen LogP contribution is -2.36. The van der Waals surface area contributed by atoms with E-state index in [1.165, 1.54) is 28.1 Å². The molecule has 168 valence electrons. The summed E-state index contributed by atoms with van der Waals surface area (Å²) in [7, 11) is 0. The number of anilines is 1. The van der Waals surface area contributed by atoms with Gasteiger partial charge in [0.1, 0.15) is 0 Å². The third kappa shape index (κ3) is 4.59. The summed E-state index contributed by atoms with van der Waals surface area (Å²) >= 11 is 0. The molecule has 0 amide bonds. The van der Waals surface area contributed by atoms with Crippen molar-refractivity contribution >= 4 is 24.4 Å². The van der Waals surface area contributed by atoms with E-state index in [4.69, 9.17) is 0 Å². The van der Waals surface area contributed by atoms with Gasteiger partial charge in [-0.15, -0.1) is 0 Å². The van der Waals surface area contributed by atoms with E-state index in [0.29, 0.717) is 0 Å². The summed E-state index contributed by atoms with van der Waals surface area (Å²) in [5.41, 5.74) is 7.65. The van der Waals surface area contributed by atoms with Crippen LogP contribution in [0.15, 0.2) is 91.2 Å². The monoisotopic (exact) mass is 433 g/mol. The number of rotatable bonds is 3. The first-order valence-corrected chi connectivity index (χ1v) is 11.9. The second kappa shape index (κ2) is 9.27. The first-order chi connectivity index (χ1) is 15.8. The molecule has 1 atom stereocenters. The van der Waals surface area contributed by atoms with E-state index in [2.05, 4.69) is 118 Å². The molecule has 1 nitrogen and oxygen atoms in total. The lowest BCUT2D eigenvalue weighted by molar-refractivity contribution is 0.531. The van der Waals surface area contributed by atoms with E-state index in [0.717, 1.165) is 35.3 Å². The highest BCUT2D eigenvalue weighted by Crippen LogP contribution is 2.39. The molecule has 0 aromatic heterocycles. The minimum atomic E-state index is 0.0577. The summed E-state index contributed by atoms with van der Waals surface area (Å²) in [5, 5.41) is 2.23. The number of nitrogens with zero attached hydrogens (tertiary/aromatic N) is 1. The van der Waals surface area contributed by atoms with E-state index in [-0.39, 0.29) is 11.5 Å². The molecule has 0 saturated heterocycles. The number of hydrogen-bond donors (Lipinski definition) is 0. The summed E-state index contributed by atoms with van der Waals surface area (Å²) in [5.74, 6) is 0. The Labute approximate surface area is 199 Å². The Kier molecular flexibility index (Phi) is 6.42. The van der Waals surface area contributed by atoms with Crippen LogP contribution in [0.25, 0.3) is 18.7 Å². The highest BCUT2D eigenvalue weighted by atomic mass is 15.2. The fourth-order valence-electron chi connectivity index (χ4n) is 5.00. The zero-order chi connectivity index (χ0) is 23.6. The van der Waals surface area contributed by atoms with Crippen LogP contribution in [0.3, 0.4) is 0 Å². The fraction of sp³-hybridized carbons (Fsp3) is 0.250. The van der Waals surface area contributed by atoms with E-state index in [9.17, 15) is 0 Å². The lowest BCUT2D eigenvalue weighted by Gasteiger charge is -2.38. The third-order valence-corrected chi connectivity index (χ3v) is 6.93. The number of para-hydroxylation sites is 1. The lowest BCUT2D eigenvalue weighted by atomic mass is 9.79. The molecular weight excluding hydrogens is 398 g/mol. The molecule has 0 saturated carbocycles. The third-order valence-electron chi connectivity index (χ3n) is 6.93. The van der Waals surface area contributed by atoms with Crippen molar-refractivity contribution in [2.45, 2.75) is 51.5 Å². The highest BCUT2D eigenvalue weighted by molar-refractivity contribution is 5.70. The van der Waals surface area contributed by atoms with Crippen molar-refractivity contribution in [3.05, 3.63) is 118 Å². The van der Waals surface area contributed by atoms with Crippen molar-refractivity contribution < 1.29 is 0 Å². The van der Waals surface area contributed by atoms with Gasteiger partial charge >= 0.3 is 0 Å². The molecular formula is C32H35N. The van der Waals surface area contributed by atoms with Crippen LogP contribution in [0.2, 0.25) is 0 Å². The van der Waals surface area contributed by atoms with Crippen molar-refractivity contribution in [3.8, 4) is 0 Å². The molecule has 0 N–H and O–H groups in total.